The van der Waals surface area contributed by atoms with Crippen LogP contribution in [0.15, 0.2) is 0 Å². The molecule has 0 heterocycles. The van der Waals surface area contributed by atoms with Crippen LogP contribution in [0.4, 0.5) is 4.79 Å². The predicted octanol–water partition coefficient (Wildman–Crippen LogP) is 0.421. The average molecular weight is 169 g/mol. The van der Waals surface area contributed by atoms with Crippen LogP contribution in [0.2, 0.25) is 0 Å². The SMILES string of the molecule is O=C(O)COC(=O)OCCl. The molecule has 0 aromatic heterocycles. The number of rotatable bonds is 3. The molecule has 0 saturated heterocycles. The Kier molecular flexibility index (Phi) is 4.39. The first-order chi connectivity index (χ1) is 4.66. The standard InChI is InChI=1S/C4H5ClO5/c5-2-10-4(8)9-1-3(6)7/h1-2H2,(H,6,7). The van der Waals surface area contributed by atoms with Crippen molar-refractivity contribution in [1.29, 1.82) is 0 Å². The van der Waals surface area contributed by atoms with E-state index in [4.69, 9.17) is 16.7 Å². The molecule has 0 saturated carbocycles. The minimum atomic E-state index is -1.24. The molecule has 1 N–H and O–H groups in total. The molecule has 6 heteroatoms. The Morgan fingerprint density at radius 2 is 2.00 bits per heavy atom. The van der Waals surface area contributed by atoms with Gasteiger partial charge >= 0.3 is 12.1 Å². The van der Waals surface area contributed by atoms with Gasteiger partial charge in [-0.2, -0.15) is 0 Å². The Morgan fingerprint density at radius 3 is 2.40 bits per heavy atom. The summed E-state index contributed by atoms with van der Waals surface area (Å²) >= 11 is 4.94. The van der Waals surface area contributed by atoms with Crippen LogP contribution in [-0.2, 0) is 14.3 Å². The molecule has 58 valence electrons. The normalized spacial score (nSPS) is 8.50. The lowest BCUT2D eigenvalue weighted by atomic mass is 10.7. The first-order valence-corrected chi connectivity index (χ1v) is 2.77. The number of aliphatic carboxylic acids is 1. The second-order valence-corrected chi connectivity index (χ2v) is 1.40. The van der Waals surface area contributed by atoms with Crippen molar-refractivity contribution in [2.75, 3.05) is 12.7 Å². The number of carbonyl (C=O) groups is 2. The van der Waals surface area contributed by atoms with Crippen LogP contribution in [0, 0.1) is 0 Å². The number of ether oxygens (including phenoxy) is 2. The molecular formula is C4H5ClO5. The summed E-state index contributed by atoms with van der Waals surface area (Å²) in [7, 11) is 0. The summed E-state index contributed by atoms with van der Waals surface area (Å²) in [6.07, 6.45) is -1.09. The third-order valence-corrected chi connectivity index (χ3v) is 0.595. The molecule has 10 heavy (non-hydrogen) atoms. The van der Waals surface area contributed by atoms with Gasteiger partial charge in [0.25, 0.3) is 0 Å². The van der Waals surface area contributed by atoms with E-state index in [-0.39, 0.29) is 6.07 Å². The summed E-state index contributed by atoms with van der Waals surface area (Å²) in [6.45, 7) is -0.713. The summed E-state index contributed by atoms with van der Waals surface area (Å²) in [4.78, 5) is 19.9. The quantitative estimate of drug-likeness (QED) is 0.488. The molecule has 0 bridgehead atoms. The van der Waals surface area contributed by atoms with Gasteiger partial charge in [0.1, 0.15) is 0 Å². The minimum Gasteiger partial charge on any atom is -0.479 e. The summed E-state index contributed by atoms with van der Waals surface area (Å²) in [5.41, 5.74) is 0. The van der Waals surface area contributed by atoms with Crippen LogP contribution in [0.1, 0.15) is 0 Å². The fourth-order valence-electron chi connectivity index (χ4n) is 0.207. The van der Waals surface area contributed by atoms with Crippen LogP contribution in [0.25, 0.3) is 0 Å². The maximum atomic E-state index is 10.2. The van der Waals surface area contributed by atoms with Crippen LogP contribution in [0.5, 0.6) is 0 Å². The van der Waals surface area contributed by atoms with Crippen LogP contribution in [-0.4, -0.2) is 29.9 Å². The van der Waals surface area contributed by atoms with Crippen molar-refractivity contribution in [1.82, 2.24) is 0 Å². The van der Waals surface area contributed by atoms with Crippen LogP contribution < -0.4 is 0 Å². The Labute approximate surface area is 61.5 Å². The third-order valence-electron chi connectivity index (χ3n) is 0.486. The number of carboxylic acid groups (broad SMARTS) is 1. The lowest BCUT2D eigenvalue weighted by Crippen LogP contribution is -2.13. The van der Waals surface area contributed by atoms with E-state index in [2.05, 4.69) is 9.47 Å². The molecule has 0 aromatic rings. The molecule has 0 rings (SSSR count). The molecular weight excluding hydrogens is 163 g/mol. The van der Waals surface area contributed by atoms with E-state index < -0.39 is 18.7 Å². The topological polar surface area (TPSA) is 72.8 Å². The molecule has 0 spiro atoms. The Morgan fingerprint density at radius 1 is 1.40 bits per heavy atom. The number of carboxylic acids is 1. The maximum absolute atomic E-state index is 10.2. The van der Waals surface area contributed by atoms with Gasteiger partial charge in [-0.1, -0.05) is 11.6 Å². The molecule has 0 radical (unpaired) electrons. The third kappa shape index (κ3) is 5.17. The Balaban J connectivity index is 3.30. The molecule has 0 aliphatic heterocycles. The molecule has 5 nitrogen and oxygen atoms in total. The van der Waals surface area contributed by atoms with Crippen molar-refractivity contribution >= 4 is 23.7 Å². The largest absolute Gasteiger partial charge is 0.510 e. The number of halogens is 1. The van der Waals surface area contributed by atoms with Crippen molar-refractivity contribution in [3.05, 3.63) is 0 Å². The van der Waals surface area contributed by atoms with Crippen molar-refractivity contribution in [2.24, 2.45) is 0 Å². The van der Waals surface area contributed by atoms with Crippen molar-refractivity contribution in [2.45, 2.75) is 0 Å². The monoisotopic (exact) mass is 168 g/mol. The molecule has 0 unspecified atom stereocenters. The van der Waals surface area contributed by atoms with Crippen molar-refractivity contribution < 1.29 is 24.2 Å². The smallest absolute Gasteiger partial charge is 0.479 e. The Bertz CT molecular complexity index is 134. The Hall–Kier alpha value is -0.970. The highest BCUT2D eigenvalue weighted by molar-refractivity contribution is 6.17. The zero-order valence-corrected chi connectivity index (χ0v) is 5.63. The summed E-state index contributed by atoms with van der Waals surface area (Å²) < 4.78 is 8.03. The molecule has 0 atom stereocenters. The first kappa shape index (κ1) is 9.03. The zero-order valence-electron chi connectivity index (χ0n) is 4.87. The lowest BCUT2D eigenvalue weighted by Gasteiger charge is -1.98. The first-order valence-electron chi connectivity index (χ1n) is 2.24. The molecule has 0 aliphatic carbocycles. The number of alkyl halides is 1. The second kappa shape index (κ2) is 4.87. The van der Waals surface area contributed by atoms with Gasteiger partial charge in [-0.05, 0) is 0 Å². The van der Waals surface area contributed by atoms with E-state index >= 15 is 0 Å². The van der Waals surface area contributed by atoms with Crippen molar-refractivity contribution in [3.8, 4) is 0 Å². The molecule has 0 aromatic carbocycles. The van der Waals surface area contributed by atoms with Gasteiger partial charge < -0.3 is 14.6 Å². The van der Waals surface area contributed by atoms with Gasteiger partial charge in [0.05, 0.1) is 0 Å². The van der Waals surface area contributed by atoms with Gasteiger partial charge in [-0.25, -0.2) is 9.59 Å². The fraction of sp³-hybridized carbons (Fsp3) is 0.500. The maximum Gasteiger partial charge on any atom is 0.510 e. The second-order valence-electron chi connectivity index (χ2n) is 1.19. The van der Waals surface area contributed by atoms with Crippen molar-refractivity contribution in [3.63, 3.8) is 0 Å². The van der Waals surface area contributed by atoms with Gasteiger partial charge in [0, 0.05) is 0 Å². The highest BCUT2D eigenvalue weighted by atomic mass is 35.5. The van der Waals surface area contributed by atoms with E-state index in [1.54, 1.807) is 0 Å². The van der Waals surface area contributed by atoms with Gasteiger partial charge in [-0.3, -0.25) is 0 Å². The van der Waals surface area contributed by atoms with Gasteiger partial charge in [-0.15, -0.1) is 0 Å². The van der Waals surface area contributed by atoms with E-state index in [0.29, 0.717) is 0 Å². The fourth-order valence-corrected chi connectivity index (χ4v) is 0.296. The number of hydrogen-bond donors (Lipinski definition) is 1. The number of carbonyl (C=O) groups excluding carboxylic acids is 1. The van der Waals surface area contributed by atoms with Gasteiger partial charge in [0.15, 0.2) is 12.7 Å². The summed E-state index contributed by atoms with van der Waals surface area (Å²) in [5.74, 6) is -1.24. The lowest BCUT2D eigenvalue weighted by molar-refractivity contribution is -0.141. The highest BCUT2D eigenvalue weighted by Crippen LogP contribution is 1.86. The summed E-state index contributed by atoms with van der Waals surface area (Å²) in [5, 5.41) is 7.96. The molecule has 0 amide bonds. The number of hydrogen-bond acceptors (Lipinski definition) is 4. The van der Waals surface area contributed by atoms with Crippen LogP contribution in [0.3, 0.4) is 0 Å². The minimum absolute atomic E-state index is 0.349. The molecule has 0 fully saturated rings. The van der Waals surface area contributed by atoms with E-state index in [0.717, 1.165) is 0 Å². The summed E-state index contributed by atoms with van der Waals surface area (Å²) in [6, 6.07) is -0.349. The average Bonchev–Trinajstić information content (AvgIpc) is 1.85. The van der Waals surface area contributed by atoms with Crippen LogP contribution >= 0.6 is 11.6 Å². The van der Waals surface area contributed by atoms with E-state index in [9.17, 15) is 9.59 Å². The van der Waals surface area contributed by atoms with E-state index in [1.165, 1.54) is 0 Å². The van der Waals surface area contributed by atoms with Gasteiger partial charge in [0.2, 0.25) is 0 Å². The van der Waals surface area contributed by atoms with E-state index in [1.807, 2.05) is 0 Å². The predicted molar refractivity (Wildman–Crippen MR) is 30.8 cm³/mol. The zero-order chi connectivity index (χ0) is 7.98. The highest BCUT2D eigenvalue weighted by Gasteiger charge is 2.04. The molecule has 0 aliphatic rings.